The zero-order chi connectivity index (χ0) is 25.3. The molecule has 0 N–H and O–H groups in total. The minimum atomic E-state index is 0.148. The van der Waals surface area contributed by atoms with Crippen LogP contribution in [0.25, 0.3) is 11.4 Å². The minimum Gasteiger partial charge on any atom is -0.476 e. The molecule has 1 aliphatic heterocycles. The Labute approximate surface area is 217 Å². The van der Waals surface area contributed by atoms with Crippen molar-refractivity contribution in [2.75, 3.05) is 39.2 Å². The number of ether oxygens (including phenoxy) is 2. The Morgan fingerprint density at radius 2 is 1.92 bits per heavy atom. The highest BCUT2D eigenvalue weighted by atomic mass is 32.2. The molecule has 10 heteroatoms. The van der Waals surface area contributed by atoms with E-state index in [1.54, 1.807) is 7.11 Å². The highest BCUT2D eigenvalue weighted by molar-refractivity contribution is 7.99. The summed E-state index contributed by atoms with van der Waals surface area (Å²) in [5.74, 6) is 2.33. The third-order valence-corrected chi connectivity index (χ3v) is 7.42. The third-order valence-electron chi connectivity index (χ3n) is 6.47. The first-order valence-electron chi connectivity index (χ1n) is 12.7. The van der Waals surface area contributed by atoms with Gasteiger partial charge in [0.25, 0.3) is 0 Å². The van der Waals surface area contributed by atoms with Crippen LogP contribution in [0.1, 0.15) is 32.3 Å². The number of rotatable bonds is 12. The highest BCUT2D eigenvalue weighted by Gasteiger charge is 2.25. The van der Waals surface area contributed by atoms with Gasteiger partial charge in [0.1, 0.15) is 5.56 Å². The maximum Gasteiger partial charge on any atom is 0.243 e. The van der Waals surface area contributed by atoms with Gasteiger partial charge in [-0.15, -0.1) is 15.3 Å². The zero-order valence-corrected chi connectivity index (χ0v) is 22.2. The molecule has 9 nitrogen and oxygen atoms in total. The Morgan fingerprint density at radius 3 is 2.61 bits per heavy atom. The quantitative estimate of drug-likeness (QED) is 0.341. The second kappa shape index (κ2) is 12.9. The molecule has 3 heterocycles. The first kappa shape index (κ1) is 26.2. The van der Waals surface area contributed by atoms with Crippen LogP contribution in [-0.4, -0.2) is 74.5 Å². The number of hydrogen-bond acceptors (Lipinski definition) is 7. The van der Waals surface area contributed by atoms with Crippen molar-refractivity contribution in [2.45, 2.75) is 51.4 Å². The van der Waals surface area contributed by atoms with Crippen LogP contribution in [0.15, 0.2) is 41.7 Å². The van der Waals surface area contributed by atoms with Gasteiger partial charge in [-0.05, 0) is 44.6 Å². The Hall–Kier alpha value is -2.85. The van der Waals surface area contributed by atoms with Gasteiger partial charge in [-0.2, -0.15) is 0 Å². The van der Waals surface area contributed by atoms with Gasteiger partial charge in [-0.25, -0.2) is 0 Å². The van der Waals surface area contributed by atoms with Gasteiger partial charge in [-0.3, -0.25) is 14.0 Å². The SMILES string of the molecule is CCOc1nn(CC)cc1-c1nnc(SCC(=O)N2CCC(Cc3ccccc3)CC2)n1CCOC. The van der Waals surface area contributed by atoms with Crippen LogP contribution in [0.4, 0.5) is 0 Å². The van der Waals surface area contributed by atoms with E-state index < -0.39 is 0 Å². The van der Waals surface area contributed by atoms with Crippen LogP contribution >= 0.6 is 11.8 Å². The lowest BCUT2D eigenvalue weighted by molar-refractivity contribution is -0.129. The van der Waals surface area contributed by atoms with Crippen LogP contribution in [0, 0.1) is 5.92 Å². The molecule has 0 atom stereocenters. The fourth-order valence-electron chi connectivity index (χ4n) is 4.49. The molecule has 0 saturated carbocycles. The molecule has 0 radical (unpaired) electrons. The number of thioether (sulfide) groups is 1. The molecule has 0 spiro atoms. The third kappa shape index (κ3) is 6.47. The van der Waals surface area contributed by atoms with Crippen molar-refractivity contribution in [1.82, 2.24) is 29.4 Å². The van der Waals surface area contributed by atoms with Gasteiger partial charge in [0, 0.05) is 32.9 Å². The highest BCUT2D eigenvalue weighted by Crippen LogP contribution is 2.31. The number of amides is 1. The predicted octanol–water partition coefficient (Wildman–Crippen LogP) is 3.78. The Morgan fingerprint density at radius 1 is 1.14 bits per heavy atom. The molecule has 36 heavy (non-hydrogen) atoms. The summed E-state index contributed by atoms with van der Waals surface area (Å²) < 4.78 is 14.9. The lowest BCUT2D eigenvalue weighted by Crippen LogP contribution is -2.39. The summed E-state index contributed by atoms with van der Waals surface area (Å²) in [5, 5.41) is 14.1. The molecular formula is C26H36N6O3S. The number of aryl methyl sites for hydroxylation is 1. The molecule has 1 amide bonds. The zero-order valence-electron chi connectivity index (χ0n) is 21.4. The van der Waals surface area contributed by atoms with Crippen molar-refractivity contribution < 1.29 is 14.3 Å². The lowest BCUT2D eigenvalue weighted by atomic mass is 9.90. The second-order valence-electron chi connectivity index (χ2n) is 8.89. The smallest absolute Gasteiger partial charge is 0.243 e. The van der Waals surface area contributed by atoms with Crippen molar-refractivity contribution in [3.8, 4) is 17.3 Å². The standard InChI is InChI=1S/C26H36N6O3S/c1-4-31-18-22(25(29-31)35-5-2)24-27-28-26(32(24)15-16-34-3)36-19-23(33)30-13-11-21(12-14-30)17-20-9-7-6-8-10-20/h6-10,18,21H,4-5,11-17,19H2,1-3H3. The van der Waals surface area contributed by atoms with Crippen LogP contribution in [-0.2, 0) is 29.0 Å². The number of aromatic nitrogens is 5. The molecule has 0 aliphatic carbocycles. The summed E-state index contributed by atoms with van der Waals surface area (Å²) in [4.78, 5) is 15.0. The molecule has 1 fully saturated rings. The topological polar surface area (TPSA) is 87.3 Å². The molecule has 1 saturated heterocycles. The van der Waals surface area contributed by atoms with Gasteiger partial charge in [0.15, 0.2) is 11.0 Å². The molecule has 4 rings (SSSR count). The number of nitrogens with zero attached hydrogens (tertiary/aromatic N) is 6. The van der Waals surface area contributed by atoms with E-state index in [2.05, 4.69) is 45.6 Å². The van der Waals surface area contributed by atoms with Crippen LogP contribution in [0.3, 0.4) is 0 Å². The molecule has 1 aromatic carbocycles. The number of carbonyl (C=O) groups excluding carboxylic acids is 1. The maximum absolute atomic E-state index is 13.0. The van der Waals surface area contributed by atoms with Crippen molar-refractivity contribution in [1.29, 1.82) is 0 Å². The Bertz CT molecular complexity index is 1110. The molecule has 2 aromatic heterocycles. The van der Waals surface area contributed by atoms with E-state index in [9.17, 15) is 4.79 Å². The number of piperidine rings is 1. The number of likely N-dealkylation sites (tertiary alicyclic amines) is 1. The second-order valence-corrected chi connectivity index (χ2v) is 9.83. The van der Waals surface area contributed by atoms with Gasteiger partial charge < -0.3 is 14.4 Å². The van der Waals surface area contributed by atoms with E-state index in [0.717, 1.165) is 44.5 Å². The van der Waals surface area contributed by atoms with E-state index in [1.807, 2.05) is 34.2 Å². The van der Waals surface area contributed by atoms with Crippen LogP contribution in [0.5, 0.6) is 5.88 Å². The average molecular weight is 513 g/mol. The molecule has 0 unspecified atom stereocenters. The molecule has 194 valence electrons. The number of benzene rings is 1. The normalized spacial score (nSPS) is 14.4. The lowest BCUT2D eigenvalue weighted by Gasteiger charge is -2.32. The Kier molecular flexibility index (Phi) is 9.41. The van der Waals surface area contributed by atoms with Gasteiger partial charge in [0.2, 0.25) is 11.8 Å². The van der Waals surface area contributed by atoms with Gasteiger partial charge >= 0.3 is 0 Å². The molecule has 3 aromatic rings. The fourth-order valence-corrected chi connectivity index (χ4v) is 5.36. The van der Waals surface area contributed by atoms with E-state index in [1.165, 1.54) is 17.3 Å². The summed E-state index contributed by atoms with van der Waals surface area (Å²) in [7, 11) is 1.67. The van der Waals surface area contributed by atoms with Crippen molar-refractivity contribution >= 4 is 17.7 Å². The maximum atomic E-state index is 13.0. The monoisotopic (exact) mass is 512 g/mol. The van der Waals surface area contributed by atoms with E-state index >= 15 is 0 Å². The summed E-state index contributed by atoms with van der Waals surface area (Å²) in [6, 6.07) is 10.6. The minimum absolute atomic E-state index is 0.148. The van der Waals surface area contributed by atoms with E-state index in [-0.39, 0.29) is 5.91 Å². The van der Waals surface area contributed by atoms with Gasteiger partial charge in [-0.1, -0.05) is 42.1 Å². The fraction of sp³-hybridized carbons (Fsp3) is 0.538. The summed E-state index contributed by atoms with van der Waals surface area (Å²) in [6.45, 7) is 7.90. The predicted molar refractivity (Wildman–Crippen MR) is 140 cm³/mol. The summed E-state index contributed by atoms with van der Waals surface area (Å²) in [5.41, 5.74) is 2.17. The Balaban J connectivity index is 1.39. The average Bonchev–Trinajstić information content (AvgIpc) is 3.50. The van der Waals surface area contributed by atoms with Crippen LogP contribution in [0.2, 0.25) is 0 Å². The van der Waals surface area contributed by atoms with E-state index in [4.69, 9.17) is 9.47 Å². The van der Waals surface area contributed by atoms with Crippen molar-refractivity contribution in [2.24, 2.45) is 5.92 Å². The first-order valence-corrected chi connectivity index (χ1v) is 13.7. The van der Waals surface area contributed by atoms with Crippen LogP contribution < -0.4 is 4.74 Å². The van der Waals surface area contributed by atoms with Crippen molar-refractivity contribution in [3.63, 3.8) is 0 Å². The first-order chi connectivity index (χ1) is 17.6. The number of carbonyl (C=O) groups is 1. The molecule has 1 aliphatic rings. The molecular weight excluding hydrogens is 476 g/mol. The number of methoxy groups -OCH3 is 1. The summed E-state index contributed by atoms with van der Waals surface area (Å²) >= 11 is 1.42. The number of hydrogen-bond donors (Lipinski definition) is 0. The van der Waals surface area contributed by atoms with Crippen molar-refractivity contribution in [3.05, 3.63) is 42.1 Å². The molecule has 0 bridgehead atoms. The van der Waals surface area contributed by atoms with E-state index in [0.29, 0.717) is 48.3 Å². The van der Waals surface area contributed by atoms with Gasteiger partial charge in [0.05, 0.1) is 25.5 Å². The largest absolute Gasteiger partial charge is 0.476 e. The summed E-state index contributed by atoms with van der Waals surface area (Å²) in [6.07, 6.45) is 5.10.